The monoisotopic (exact) mass is 553 g/mol. The van der Waals surface area contributed by atoms with Crippen LogP contribution in [0.5, 0.6) is 0 Å². The van der Waals surface area contributed by atoms with Gasteiger partial charge in [0.1, 0.15) is 30.5 Å². The predicted octanol–water partition coefficient (Wildman–Crippen LogP) is -2.73. The highest BCUT2D eigenvalue weighted by atomic mass is 32.1. The van der Waals surface area contributed by atoms with Crippen molar-refractivity contribution in [1.29, 1.82) is 0 Å². The number of hydrogen-bond donors (Lipinski definition) is 8. The summed E-state index contributed by atoms with van der Waals surface area (Å²) in [5.74, 6) is -0.655. The van der Waals surface area contributed by atoms with E-state index in [2.05, 4.69) is 23.3 Å². The summed E-state index contributed by atoms with van der Waals surface area (Å²) < 4.78 is 22.4. The fourth-order valence-electron chi connectivity index (χ4n) is 4.45. The molecular weight excluding hydrogens is 510 g/mol. The third-order valence-electron chi connectivity index (χ3n) is 6.90. The summed E-state index contributed by atoms with van der Waals surface area (Å²) in [5, 5.41) is 46.7. The summed E-state index contributed by atoms with van der Waals surface area (Å²) in [4.78, 5) is 24.7. The van der Waals surface area contributed by atoms with Gasteiger partial charge in [-0.1, -0.05) is 6.92 Å². The van der Waals surface area contributed by atoms with Crippen molar-refractivity contribution in [2.45, 2.75) is 94.3 Å². The van der Waals surface area contributed by atoms with Crippen LogP contribution in [0.4, 0.5) is 0 Å². The third-order valence-corrected chi connectivity index (χ3v) is 7.12. The van der Waals surface area contributed by atoms with Gasteiger partial charge in [0.05, 0.1) is 24.9 Å². The second-order valence-corrected chi connectivity index (χ2v) is 9.97. The van der Waals surface area contributed by atoms with E-state index in [1.165, 1.54) is 7.11 Å². The van der Waals surface area contributed by atoms with Gasteiger partial charge >= 0.3 is 0 Å². The van der Waals surface area contributed by atoms with E-state index < -0.39 is 67.6 Å². The van der Waals surface area contributed by atoms with Crippen molar-refractivity contribution in [3.8, 4) is 0 Å². The van der Waals surface area contributed by atoms with Gasteiger partial charge in [0.2, 0.25) is 5.91 Å². The molecule has 0 bridgehead atoms. The Morgan fingerprint density at radius 2 is 1.73 bits per heavy atom. The van der Waals surface area contributed by atoms with Crippen LogP contribution >= 0.6 is 12.6 Å². The molecule has 2 heterocycles. The number of aliphatic hydroxyl groups is 4. The molecule has 2 rings (SSSR count). The molecule has 0 saturated carbocycles. The Labute approximate surface area is 222 Å². The van der Waals surface area contributed by atoms with Gasteiger partial charge in [-0.05, 0) is 26.2 Å². The first-order chi connectivity index (χ1) is 17.6. The Morgan fingerprint density at radius 1 is 1.03 bits per heavy atom. The Kier molecular flexibility index (Phi) is 13.5. The molecule has 0 aromatic carbocycles. The van der Waals surface area contributed by atoms with Crippen LogP contribution in [0.15, 0.2) is 0 Å². The van der Waals surface area contributed by atoms with Crippen LogP contribution in [0.3, 0.4) is 0 Å². The minimum absolute atomic E-state index is 0.251. The summed E-state index contributed by atoms with van der Waals surface area (Å²) in [7, 11) is 1.28. The van der Waals surface area contributed by atoms with Gasteiger partial charge in [0.25, 0.3) is 5.91 Å². The van der Waals surface area contributed by atoms with Crippen LogP contribution < -0.4 is 16.4 Å². The van der Waals surface area contributed by atoms with Gasteiger partial charge in [-0.15, -0.1) is 0 Å². The predicted molar refractivity (Wildman–Crippen MR) is 135 cm³/mol. The van der Waals surface area contributed by atoms with Gasteiger partial charge in [-0.2, -0.15) is 12.6 Å². The molecule has 11 atom stereocenters. The van der Waals surface area contributed by atoms with Crippen LogP contribution in [-0.4, -0.2) is 126 Å². The van der Waals surface area contributed by atoms with Crippen molar-refractivity contribution in [2.24, 2.45) is 11.7 Å². The molecular formula is C23H43N3O10S. The zero-order chi connectivity index (χ0) is 27.7. The molecule has 216 valence electrons. The molecule has 13 nitrogen and oxygen atoms in total. The van der Waals surface area contributed by atoms with Gasteiger partial charge in [0.15, 0.2) is 12.4 Å². The molecule has 14 heteroatoms. The Bertz CT molecular complexity index is 722. The number of aliphatic hydroxyl groups excluding tert-OH is 4. The lowest BCUT2D eigenvalue weighted by molar-refractivity contribution is -0.329. The summed E-state index contributed by atoms with van der Waals surface area (Å²) in [6.07, 6.45) is -8.80. The summed E-state index contributed by atoms with van der Waals surface area (Å²) in [6, 6.07) is -0.652. The van der Waals surface area contributed by atoms with Crippen LogP contribution in [-0.2, 0) is 28.5 Å². The molecule has 5 unspecified atom stereocenters. The van der Waals surface area contributed by atoms with E-state index in [1.807, 2.05) is 0 Å². The molecule has 2 saturated heterocycles. The fraction of sp³-hybridized carbons (Fsp3) is 0.913. The zero-order valence-corrected chi connectivity index (χ0v) is 22.5. The fourth-order valence-corrected chi connectivity index (χ4v) is 4.56. The zero-order valence-electron chi connectivity index (χ0n) is 21.6. The number of unbranched alkanes of at least 4 members (excludes halogenated alkanes) is 1. The number of thiol groups is 1. The van der Waals surface area contributed by atoms with Gasteiger partial charge in [-0.25, -0.2) is 0 Å². The molecule has 0 aliphatic carbocycles. The number of ether oxygens (including phenoxy) is 4. The van der Waals surface area contributed by atoms with E-state index in [9.17, 15) is 30.0 Å². The van der Waals surface area contributed by atoms with Gasteiger partial charge < -0.3 is 55.7 Å². The average Bonchev–Trinajstić information content (AvgIpc) is 2.88. The third kappa shape index (κ3) is 8.46. The van der Waals surface area contributed by atoms with E-state index in [0.29, 0.717) is 31.6 Å². The van der Waals surface area contributed by atoms with E-state index in [-0.39, 0.29) is 24.5 Å². The van der Waals surface area contributed by atoms with E-state index in [4.69, 9.17) is 24.7 Å². The first-order valence-corrected chi connectivity index (χ1v) is 13.3. The van der Waals surface area contributed by atoms with Crippen molar-refractivity contribution in [3.63, 3.8) is 0 Å². The molecule has 2 fully saturated rings. The molecule has 2 aliphatic heterocycles. The largest absolute Gasteiger partial charge is 0.394 e. The maximum Gasteiger partial charge on any atom is 0.252 e. The standard InChI is InChI=1S/C23H43N3O10S/c1-11-12(2)34-14(10-27)15(28)18(11)35-23-17(30)16(29)19(33-3)20(36-23)22(32)25-7-5-4-6-13(24)21(31)26-8-9-37/h11-20,23,27-30,37H,4-10,24H2,1-3H3,(H,25,32)(H,26,31)/t11-,12+,13?,14?,15-,16?,17+,18?,19+,20?,23-/m1/s1. The van der Waals surface area contributed by atoms with Crippen LogP contribution in [0.25, 0.3) is 0 Å². The summed E-state index contributed by atoms with van der Waals surface area (Å²) in [5.41, 5.74) is 5.85. The average molecular weight is 554 g/mol. The Balaban J connectivity index is 1.94. The number of hydrogen-bond acceptors (Lipinski definition) is 12. The molecule has 0 radical (unpaired) electrons. The molecule has 2 aliphatic rings. The highest BCUT2D eigenvalue weighted by Gasteiger charge is 2.51. The van der Waals surface area contributed by atoms with Crippen molar-refractivity contribution in [2.75, 3.05) is 32.6 Å². The van der Waals surface area contributed by atoms with E-state index in [1.54, 1.807) is 13.8 Å². The van der Waals surface area contributed by atoms with Gasteiger partial charge in [-0.3, -0.25) is 9.59 Å². The van der Waals surface area contributed by atoms with E-state index in [0.717, 1.165) is 0 Å². The topological polar surface area (TPSA) is 202 Å². The number of nitrogens with two attached hydrogens (primary N) is 1. The number of carbonyl (C=O) groups is 2. The first kappa shape index (κ1) is 32.1. The highest BCUT2D eigenvalue weighted by Crippen LogP contribution is 2.32. The lowest BCUT2D eigenvalue weighted by Gasteiger charge is -2.46. The minimum atomic E-state index is -1.56. The second-order valence-electron chi connectivity index (χ2n) is 9.53. The van der Waals surface area contributed by atoms with Crippen molar-refractivity contribution < 1.29 is 49.0 Å². The van der Waals surface area contributed by atoms with Crippen LogP contribution in [0.2, 0.25) is 0 Å². The van der Waals surface area contributed by atoms with Gasteiger partial charge in [0, 0.05) is 31.9 Å². The number of amides is 2. The summed E-state index contributed by atoms with van der Waals surface area (Å²) >= 11 is 4.03. The molecule has 0 aromatic rings. The molecule has 0 aromatic heterocycles. The summed E-state index contributed by atoms with van der Waals surface area (Å²) in [6.45, 7) is 3.80. The highest BCUT2D eigenvalue weighted by molar-refractivity contribution is 7.80. The maximum atomic E-state index is 12.9. The number of carbonyl (C=O) groups excluding carboxylic acids is 2. The Morgan fingerprint density at radius 3 is 2.35 bits per heavy atom. The van der Waals surface area contributed by atoms with E-state index >= 15 is 0 Å². The molecule has 0 spiro atoms. The maximum absolute atomic E-state index is 12.9. The lowest BCUT2D eigenvalue weighted by atomic mass is 9.88. The normalized spacial score (nSPS) is 37.1. The van der Waals surface area contributed by atoms with Crippen molar-refractivity contribution in [1.82, 2.24) is 10.6 Å². The first-order valence-electron chi connectivity index (χ1n) is 12.6. The van der Waals surface area contributed by atoms with Crippen molar-refractivity contribution >= 4 is 24.4 Å². The minimum Gasteiger partial charge on any atom is -0.394 e. The molecule has 8 N–H and O–H groups in total. The smallest absolute Gasteiger partial charge is 0.252 e. The molecule has 37 heavy (non-hydrogen) atoms. The lowest BCUT2D eigenvalue weighted by Crippen LogP contribution is -2.64. The SMILES string of the molecule is CO[C@@H]1C(C(=O)NCCCCC(N)C(=O)NCCS)O[C@@H](OC2[C@H](O)C(CO)O[C@@H](C)[C@H]2C)[C@@H](O)C1O. The quantitative estimate of drug-likeness (QED) is 0.0869. The number of rotatable bonds is 13. The number of methoxy groups -OCH3 is 1. The van der Waals surface area contributed by atoms with Crippen molar-refractivity contribution in [3.05, 3.63) is 0 Å². The Hall–Kier alpha value is -1.07. The van der Waals surface area contributed by atoms with Crippen LogP contribution in [0.1, 0.15) is 33.1 Å². The second kappa shape index (κ2) is 15.5. The molecule has 2 amide bonds. The van der Waals surface area contributed by atoms with Crippen LogP contribution in [0, 0.1) is 5.92 Å². The number of nitrogens with one attached hydrogen (secondary N) is 2.